The number of benzene rings is 4. The van der Waals surface area contributed by atoms with Crippen molar-refractivity contribution >= 4 is 11.6 Å². The Morgan fingerprint density at radius 2 is 1.64 bits per heavy atom. The van der Waals surface area contributed by atoms with Gasteiger partial charge in [0.15, 0.2) is 11.6 Å². The molecule has 0 aliphatic rings. The van der Waals surface area contributed by atoms with Gasteiger partial charge in [-0.1, -0.05) is 42.5 Å². The van der Waals surface area contributed by atoms with E-state index in [4.69, 9.17) is 14.2 Å². The van der Waals surface area contributed by atoms with Crippen molar-refractivity contribution in [3.05, 3.63) is 96.3 Å². The SMILES string of the molecule is COc1cccc(-c2ccc(CCC(=O)Nc3ccc(Oc4c(F)cccc4OC)cc3O)cc2)c1. The molecule has 7 heteroatoms. The number of halogens is 1. The fourth-order valence-corrected chi connectivity index (χ4v) is 3.68. The zero-order chi connectivity index (χ0) is 25.5. The number of ether oxygens (including phenoxy) is 3. The van der Waals surface area contributed by atoms with Crippen LogP contribution >= 0.6 is 0 Å². The predicted octanol–water partition coefficient (Wildman–Crippen LogP) is 6.58. The number of hydrogen-bond donors (Lipinski definition) is 2. The van der Waals surface area contributed by atoms with Gasteiger partial charge >= 0.3 is 0 Å². The summed E-state index contributed by atoms with van der Waals surface area (Å²) in [5.41, 5.74) is 3.36. The van der Waals surface area contributed by atoms with E-state index in [0.29, 0.717) is 6.42 Å². The number of carbonyl (C=O) groups is 1. The first-order chi connectivity index (χ1) is 17.5. The number of aryl methyl sites for hydroxylation is 1. The Balaban J connectivity index is 1.34. The van der Waals surface area contributed by atoms with Crippen LogP contribution in [0.5, 0.6) is 28.7 Å². The summed E-state index contributed by atoms with van der Waals surface area (Å²) in [5, 5.41) is 13.0. The molecule has 36 heavy (non-hydrogen) atoms. The second-order valence-corrected chi connectivity index (χ2v) is 8.03. The fourth-order valence-electron chi connectivity index (χ4n) is 3.68. The van der Waals surface area contributed by atoms with E-state index in [1.165, 1.54) is 37.4 Å². The lowest BCUT2D eigenvalue weighted by Crippen LogP contribution is -2.12. The topological polar surface area (TPSA) is 77.0 Å². The van der Waals surface area contributed by atoms with Gasteiger partial charge in [0.05, 0.1) is 19.9 Å². The van der Waals surface area contributed by atoms with Crippen molar-refractivity contribution in [3.63, 3.8) is 0 Å². The van der Waals surface area contributed by atoms with Crippen molar-refractivity contribution < 1.29 is 28.5 Å². The largest absolute Gasteiger partial charge is 0.506 e. The minimum absolute atomic E-state index is 0.0893. The standard InChI is InChI=1S/C29H26FNO5/c1-34-22-6-3-5-21(17-22)20-12-9-19(10-13-20)11-16-28(33)31-25-15-14-23(18-26(25)32)36-29-24(30)7-4-8-27(29)35-2/h3-10,12-15,17-18,32H,11,16H2,1-2H3,(H,31,33). The number of rotatable bonds is 9. The van der Waals surface area contributed by atoms with Crippen LogP contribution in [-0.2, 0) is 11.2 Å². The van der Waals surface area contributed by atoms with Gasteiger partial charge < -0.3 is 24.6 Å². The number of methoxy groups -OCH3 is 2. The lowest BCUT2D eigenvalue weighted by molar-refractivity contribution is -0.116. The van der Waals surface area contributed by atoms with Crippen LogP contribution in [0.3, 0.4) is 0 Å². The number of phenolic OH excluding ortho intramolecular Hbond substituents is 1. The summed E-state index contributed by atoms with van der Waals surface area (Å²) in [6.07, 6.45) is 0.780. The second-order valence-electron chi connectivity index (χ2n) is 8.03. The Bertz CT molecular complexity index is 1350. The molecule has 0 radical (unpaired) electrons. The Morgan fingerprint density at radius 3 is 2.36 bits per heavy atom. The van der Waals surface area contributed by atoms with Crippen molar-refractivity contribution in [2.45, 2.75) is 12.8 Å². The van der Waals surface area contributed by atoms with Crippen LogP contribution < -0.4 is 19.5 Å². The van der Waals surface area contributed by atoms with Crippen LogP contribution in [0.4, 0.5) is 10.1 Å². The van der Waals surface area contributed by atoms with Crippen LogP contribution in [0.2, 0.25) is 0 Å². The van der Waals surface area contributed by atoms with E-state index >= 15 is 0 Å². The zero-order valence-electron chi connectivity index (χ0n) is 20.0. The number of carbonyl (C=O) groups excluding carboxylic acids is 1. The highest BCUT2D eigenvalue weighted by atomic mass is 19.1. The molecular weight excluding hydrogens is 461 g/mol. The molecule has 0 aliphatic heterocycles. The Morgan fingerprint density at radius 1 is 0.861 bits per heavy atom. The molecular formula is C29H26FNO5. The molecule has 0 aliphatic carbocycles. The molecule has 0 spiro atoms. The van der Waals surface area contributed by atoms with E-state index in [-0.39, 0.29) is 41.0 Å². The second kappa shape index (κ2) is 11.3. The smallest absolute Gasteiger partial charge is 0.224 e. The highest BCUT2D eigenvalue weighted by Crippen LogP contribution is 2.36. The van der Waals surface area contributed by atoms with E-state index in [9.17, 15) is 14.3 Å². The molecule has 0 bridgehead atoms. The Labute approximate surface area is 208 Å². The van der Waals surface area contributed by atoms with Gasteiger partial charge in [-0.15, -0.1) is 0 Å². The van der Waals surface area contributed by atoms with Crippen LogP contribution in [0.15, 0.2) is 84.9 Å². The summed E-state index contributed by atoms with van der Waals surface area (Å²) in [6.45, 7) is 0. The van der Waals surface area contributed by atoms with E-state index in [1.807, 2.05) is 48.5 Å². The third-order valence-electron chi connectivity index (χ3n) is 5.61. The number of phenols is 1. The van der Waals surface area contributed by atoms with Crippen LogP contribution in [0.25, 0.3) is 11.1 Å². The first kappa shape index (κ1) is 24.6. The van der Waals surface area contributed by atoms with Crippen molar-refractivity contribution in [1.82, 2.24) is 0 Å². The first-order valence-corrected chi connectivity index (χ1v) is 11.3. The normalized spacial score (nSPS) is 10.5. The van der Waals surface area contributed by atoms with E-state index in [2.05, 4.69) is 5.32 Å². The molecule has 2 N–H and O–H groups in total. The van der Waals surface area contributed by atoms with Gasteiger partial charge in [0.25, 0.3) is 0 Å². The van der Waals surface area contributed by atoms with E-state index in [0.717, 1.165) is 22.4 Å². The monoisotopic (exact) mass is 487 g/mol. The van der Waals surface area contributed by atoms with Gasteiger partial charge in [0.1, 0.15) is 17.2 Å². The predicted molar refractivity (Wildman–Crippen MR) is 137 cm³/mol. The number of aromatic hydroxyl groups is 1. The van der Waals surface area contributed by atoms with Gasteiger partial charge in [0.2, 0.25) is 11.7 Å². The van der Waals surface area contributed by atoms with Crippen molar-refractivity contribution in [2.75, 3.05) is 19.5 Å². The number of para-hydroxylation sites is 1. The van der Waals surface area contributed by atoms with Gasteiger partial charge in [0, 0.05) is 12.5 Å². The summed E-state index contributed by atoms with van der Waals surface area (Å²) < 4.78 is 30.1. The number of anilines is 1. The maximum atomic E-state index is 14.1. The van der Waals surface area contributed by atoms with Crippen molar-refractivity contribution in [2.24, 2.45) is 0 Å². The molecule has 0 fully saturated rings. The molecule has 4 rings (SSSR count). The fraction of sp³-hybridized carbons (Fsp3) is 0.138. The molecule has 0 aromatic heterocycles. The minimum Gasteiger partial charge on any atom is -0.506 e. The Hall–Kier alpha value is -4.52. The highest BCUT2D eigenvalue weighted by Gasteiger charge is 2.14. The highest BCUT2D eigenvalue weighted by molar-refractivity contribution is 5.92. The van der Waals surface area contributed by atoms with Gasteiger partial charge in [-0.2, -0.15) is 0 Å². The molecule has 184 valence electrons. The molecule has 1 amide bonds. The summed E-state index contributed by atoms with van der Waals surface area (Å²) >= 11 is 0. The van der Waals surface area contributed by atoms with Gasteiger partial charge in [-0.25, -0.2) is 4.39 Å². The third kappa shape index (κ3) is 5.93. The molecule has 0 unspecified atom stereocenters. The quantitative estimate of drug-likeness (QED) is 0.261. The summed E-state index contributed by atoms with van der Waals surface area (Å²) in [7, 11) is 3.05. The molecule has 0 saturated heterocycles. The van der Waals surface area contributed by atoms with E-state index in [1.54, 1.807) is 13.2 Å². The molecule has 0 saturated carbocycles. The van der Waals surface area contributed by atoms with Crippen LogP contribution in [0.1, 0.15) is 12.0 Å². The number of amides is 1. The molecule has 0 atom stereocenters. The maximum Gasteiger partial charge on any atom is 0.224 e. The summed E-state index contributed by atoms with van der Waals surface area (Å²) in [6, 6.07) is 24.5. The van der Waals surface area contributed by atoms with E-state index < -0.39 is 5.82 Å². The zero-order valence-corrected chi connectivity index (χ0v) is 20.0. The summed E-state index contributed by atoms with van der Waals surface area (Å²) in [5.74, 6) is 0.0956. The molecule has 4 aromatic rings. The van der Waals surface area contributed by atoms with Gasteiger partial charge in [-0.05, 0) is 59.5 Å². The average molecular weight is 488 g/mol. The lowest BCUT2D eigenvalue weighted by atomic mass is 10.0. The number of hydrogen-bond acceptors (Lipinski definition) is 5. The molecule has 0 heterocycles. The van der Waals surface area contributed by atoms with Crippen LogP contribution in [0, 0.1) is 5.82 Å². The van der Waals surface area contributed by atoms with Crippen molar-refractivity contribution in [1.29, 1.82) is 0 Å². The minimum atomic E-state index is -0.595. The Kier molecular flexibility index (Phi) is 7.70. The maximum absolute atomic E-state index is 14.1. The molecule has 6 nitrogen and oxygen atoms in total. The third-order valence-corrected chi connectivity index (χ3v) is 5.61. The molecule has 4 aromatic carbocycles. The van der Waals surface area contributed by atoms with Crippen molar-refractivity contribution in [3.8, 4) is 39.9 Å². The number of nitrogens with one attached hydrogen (secondary N) is 1. The van der Waals surface area contributed by atoms with Crippen LogP contribution in [-0.4, -0.2) is 25.2 Å². The van der Waals surface area contributed by atoms with Gasteiger partial charge in [-0.3, -0.25) is 4.79 Å². The lowest BCUT2D eigenvalue weighted by Gasteiger charge is -2.13. The average Bonchev–Trinajstić information content (AvgIpc) is 2.90. The summed E-state index contributed by atoms with van der Waals surface area (Å²) in [4.78, 5) is 12.5. The first-order valence-electron chi connectivity index (χ1n) is 11.3.